The van der Waals surface area contributed by atoms with Crippen molar-refractivity contribution in [2.45, 2.75) is 45.3 Å². The Bertz CT molecular complexity index is 432. The molecule has 3 nitrogen and oxygen atoms in total. The molecule has 1 heterocycles. The number of benzene rings is 1. The monoisotopic (exact) mass is 265 g/mol. The molecule has 1 aromatic rings. The molecule has 0 N–H and O–H groups in total. The lowest BCUT2D eigenvalue weighted by Crippen LogP contribution is -2.47. The Labute approximate surface area is 113 Å². The van der Waals surface area contributed by atoms with Crippen LogP contribution in [0.15, 0.2) is 24.3 Å². The van der Waals surface area contributed by atoms with Gasteiger partial charge in [0, 0.05) is 12.6 Å². The maximum absolute atomic E-state index is 12.8. The Hall–Kier alpha value is -1.58. The van der Waals surface area contributed by atoms with Gasteiger partial charge in [-0.2, -0.15) is 0 Å². The van der Waals surface area contributed by atoms with Gasteiger partial charge in [0.05, 0.1) is 0 Å². The average molecular weight is 265 g/mol. The minimum Gasteiger partial charge on any atom is -0.481 e. The fraction of sp³-hybridized carbons (Fsp3) is 0.533. The van der Waals surface area contributed by atoms with Gasteiger partial charge in [-0.1, -0.05) is 0 Å². The summed E-state index contributed by atoms with van der Waals surface area (Å²) >= 11 is 0. The van der Waals surface area contributed by atoms with E-state index in [1.54, 1.807) is 19.1 Å². The lowest BCUT2D eigenvalue weighted by atomic mass is 10.0. The number of hydrogen-bond acceptors (Lipinski definition) is 2. The van der Waals surface area contributed by atoms with E-state index in [1.165, 1.54) is 18.6 Å². The fourth-order valence-corrected chi connectivity index (χ4v) is 2.43. The Morgan fingerprint density at radius 2 is 2.05 bits per heavy atom. The highest BCUT2D eigenvalue weighted by atomic mass is 19.1. The number of likely N-dealkylation sites (tertiary alicyclic amines) is 1. The Kier molecular flexibility index (Phi) is 4.40. The zero-order chi connectivity index (χ0) is 13.8. The summed E-state index contributed by atoms with van der Waals surface area (Å²) in [6.45, 7) is 4.62. The summed E-state index contributed by atoms with van der Waals surface area (Å²) in [6.07, 6.45) is 2.75. The van der Waals surface area contributed by atoms with Gasteiger partial charge in [0.1, 0.15) is 11.6 Å². The highest BCUT2D eigenvalue weighted by molar-refractivity contribution is 5.81. The van der Waals surface area contributed by atoms with Gasteiger partial charge in [-0.15, -0.1) is 0 Å². The van der Waals surface area contributed by atoms with Crippen molar-refractivity contribution in [3.8, 4) is 5.75 Å². The van der Waals surface area contributed by atoms with E-state index in [9.17, 15) is 9.18 Å². The molecule has 0 aromatic heterocycles. The van der Waals surface area contributed by atoms with Crippen molar-refractivity contribution < 1.29 is 13.9 Å². The largest absolute Gasteiger partial charge is 0.481 e. The zero-order valence-electron chi connectivity index (χ0n) is 11.4. The van der Waals surface area contributed by atoms with Crippen LogP contribution in [0.5, 0.6) is 5.75 Å². The van der Waals surface area contributed by atoms with E-state index in [4.69, 9.17) is 4.74 Å². The van der Waals surface area contributed by atoms with Crippen LogP contribution in [0.1, 0.15) is 33.1 Å². The number of ether oxygens (including phenoxy) is 1. The van der Waals surface area contributed by atoms with Gasteiger partial charge in [0.15, 0.2) is 6.10 Å². The molecular weight excluding hydrogens is 245 g/mol. The van der Waals surface area contributed by atoms with E-state index < -0.39 is 6.10 Å². The van der Waals surface area contributed by atoms with E-state index >= 15 is 0 Å². The number of amides is 1. The number of rotatable bonds is 3. The molecule has 1 saturated heterocycles. The summed E-state index contributed by atoms with van der Waals surface area (Å²) in [5.41, 5.74) is 0. The van der Waals surface area contributed by atoms with Crippen LogP contribution >= 0.6 is 0 Å². The lowest BCUT2D eigenvalue weighted by Gasteiger charge is -2.35. The second kappa shape index (κ2) is 6.04. The first-order chi connectivity index (χ1) is 9.08. The predicted octanol–water partition coefficient (Wildman–Crippen LogP) is 2.99. The summed E-state index contributed by atoms with van der Waals surface area (Å²) < 4.78 is 18.4. The molecule has 1 aliphatic rings. The van der Waals surface area contributed by atoms with Crippen molar-refractivity contribution in [2.75, 3.05) is 6.54 Å². The Morgan fingerprint density at radius 3 is 2.68 bits per heavy atom. The van der Waals surface area contributed by atoms with Crippen LogP contribution in [-0.4, -0.2) is 29.5 Å². The number of piperidine rings is 1. The molecule has 19 heavy (non-hydrogen) atoms. The summed E-state index contributed by atoms with van der Waals surface area (Å²) in [5, 5.41) is 0. The van der Waals surface area contributed by atoms with E-state index in [-0.39, 0.29) is 17.8 Å². The molecule has 0 saturated carbocycles. The van der Waals surface area contributed by atoms with Crippen molar-refractivity contribution in [3.05, 3.63) is 30.1 Å². The molecule has 1 fully saturated rings. The highest BCUT2D eigenvalue weighted by Gasteiger charge is 2.27. The van der Waals surface area contributed by atoms with Crippen LogP contribution in [0.25, 0.3) is 0 Å². The molecule has 0 unspecified atom stereocenters. The molecule has 0 bridgehead atoms. The van der Waals surface area contributed by atoms with Gasteiger partial charge >= 0.3 is 0 Å². The predicted molar refractivity (Wildman–Crippen MR) is 71.5 cm³/mol. The molecule has 1 amide bonds. The van der Waals surface area contributed by atoms with E-state index in [1.807, 2.05) is 4.90 Å². The van der Waals surface area contributed by atoms with Crippen molar-refractivity contribution in [2.24, 2.45) is 0 Å². The molecule has 0 spiro atoms. The Morgan fingerprint density at radius 1 is 1.37 bits per heavy atom. The number of nitrogens with zero attached hydrogens (tertiary/aromatic N) is 1. The molecule has 2 rings (SSSR count). The molecule has 1 aromatic carbocycles. The maximum Gasteiger partial charge on any atom is 0.263 e. The topological polar surface area (TPSA) is 29.5 Å². The first-order valence-electron chi connectivity index (χ1n) is 6.80. The van der Waals surface area contributed by atoms with Crippen LogP contribution in [0.2, 0.25) is 0 Å². The van der Waals surface area contributed by atoms with Crippen molar-refractivity contribution in [1.82, 2.24) is 4.90 Å². The van der Waals surface area contributed by atoms with Crippen LogP contribution in [0, 0.1) is 5.82 Å². The molecule has 1 aliphatic heterocycles. The van der Waals surface area contributed by atoms with E-state index in [0.29, 0.717) is 5.75 Å². The third-order valence-corrected chi connectivity index (χ3v) is 3.56. The minimum atomic E-state index is -0.536. The summed E-state index contributed by atoms with van der Waals surface area (Å²) in [5.74, 6) is 0.222. The van der Waals surface area contributed by atoms with Gasteiger partial charge < -0.3 is 9.64 Å². The summed E-state index contributed by atoms with van der Waals surface area (Å²) in [7, 11) is 0. The third kappa shape index (κ3) is 3.46. The lowest BCUT2D eigenvalue weighted by molar-refractivity contribution is -0.141. The minimum absolute atomic E-state index is 0.0107. The standard InChI is InChI=1S/C15H20FNO2/c1-11-5-3-4-10-17(11)15(18)12(2)19-14-8-6-13(16)7-9-14/h6-9,11-12H,3-5,10H2,1-2H3/t11-,12+/m0/s1. The highest BCUT2D eigenvalue weighted by Crippen LogP contribution is 2.19. The molecule has 0 aliphatic carbocycles. The van der Waals surface area contributed by atoms with Gasteiger partial charge in [0.2, 0.25) is 0 Å². The molecule has 104 valence electrons. The van der Waals surface area contributed by atoms with Gasteiger partial charge in [-0.3, -0.25) is 4.79 Å². The van der Waals surface area contributed by atoms with E-state index in [2.05, 4.69) is 6.92 Å². The average Bonchev–Trinajstić information content (AvgIpc) is 2.41. The zero-order valence-corrected chi connectivity index (χ0v) is 11.4. The number of carbonyl (C=O) groups is 1. The van der Waals surface area contributed by atoms with E-state index in [0.717, 1.165) is 19.4 Å². The first kappa shape index (κ1) is 13.8. The van der Waals surface area contributed by atoms with Crippen LogP contribution < -0.4 is 4.74 Å². The summed E-state index contributed by atoms with van der Waals surface area (Å²) in [6, 6.07) is 6.02. The van der Waals surface area contributed by atoms with Crippen LogP contribution in [0.4, 0.5) is 4.39 Å². The fourth-order valence-electron chi connectivity index (χ4n) is 2.43. The quantitative estimate of drug-likeness (QED) is 0.841. The molecule has 2 atom stereocenters. The van der Waals surface area contributed by atoms with Crippen LogP contribution in [-0.2, 0) is 4.79 Å². The Balaban J connectivity index is 1.96. The second-order valence-corrected chi connectivity index (χ2v) is 5.09. The maximum atomic E-state index is 12.8. The SMILES string of the molecule is C[C@@H](Oc1ccc(F)cc1)C(=O)N1CCCC[C@@H]1C. The normalized spacial score (nSPS) is 21.0. The number of hydrogen-bond donors (Lipinski definition) is 0. The van der Waals surface area contributed by atoms with Crippen molar-refractivity contribution >= 4 is 5.91 Å². The molecule has 0 radical (unpaired) electrons. The molecule has 4 heteroatoms. The summed E-state index contributed by atoms with van der Waals surface area (Å²) in [4.78, 5) is 14.2. The number of halogens is 1. The van der Waals surface area contributed by atoms with Crippen LogP contribution in [0.3, 0.4) is 0 Å². The second-order valence-electron chi connectivity index (χ2n) is 5.09. The van der Waals surface area contributed by atoms with Gasteiger partial charge in [-0.05, 0) is 57.4 Å². The smallest absolute Gasteiger partial charge is 0.263 e. The van der Waals surface area contributed by atoms with Gasteiger partial charge in [-0.25, -0.2) is 4.39 Å². The first-order valence-corrected chi connectivity index (χ1v) is 6.80. The number of carbonyl (C=O) groups excluding carboxylic acids is 1. The molecular formula is C15H20FNO2. The third-order valence-electron chi connectivity index (χ3n) is 3.56. The van der Waals surface area contributed by atoms with Crippen molar-refractivity contribution in [3.63, 3.8) is 0 Å². The van der Waals surface area contributed by atoms with Gasteiger partial charge in [0.25, 0.3) is 5.91 Å². The van der Waals surface area contributed by atoms with Crippen molar-refractivity contribution in [1.29, 1.82) is 0 Å².